The maximum atomic E-state index is 13.2. The van der Waals surface area contributed by atoms with Gasteiger partial charge in [-0.2, -0.15) is 0 Å². The monoisotopic (exact) mass is 198 g/mol. The molecule has 1 N–H and O–H groups in total. The fourth-order valence-electron chi connectivity index (χ4n) is 1.42. The van der Waals surface area contributed by atoms with Crippen LogP contribution in [0.4, 0.5) is 4.39 Å². The first-order valence-electron chi connectivity index (χ1n) is 4.51. The first kappa shape index (κ1) is 9.27. The van der Waals surface area contributed by atoms with Crippen LogP contribution in [0, 0.1) is 5.82 Å². The molecule has 1 aromatic carbocycles. The van der Waals surface area contributed by atoms with Crippen LogP contribution in [-0.4, -0.2) is 18.3 Å². The van der Waals surface area contributed by atoms with Gasteiger partial charge in [-0.15, -0.1) is 0 Å². The van der Waals surface area contributed by atoms with Crippen molar-refractivity contribution < 1.29 is 19.0 Å². The minimum atomic E-state index is -0.461. The van der Waals surface area contributed by atoms with Gasteiger partial charge in [0.05, 0.1) is 25.4 Å². The van der Waals surface area contributed by atoms with Crippen LogP contribution in [0.3, 0.4) is 0 Å². The van der Waals surface area contributed by atoms with Crippen LogP contribution in [0.15, 0.2) is 12.1 Å². The lowest BCUT2D eigenvalue weighted by atomic mass is 10.2. The molecule has 1 aromatic rings. The predicted octanol–water partition coefficient (Wildman–Crippen LogP) is 1.48. The van der Waals surface area contributed by atoms with Crippen molar-refractivity contribution in [1.29, 1.82) is 0 Å². The van der Waals surface area contributed by atoms with E-state index < -0.39 is 5.82 Å². The van der Waals surface area contributed by atoms with Gasteiger partial charge in [-0.3, -0.25) is 0 Å². The molecule has 0 saturated heterocycles. The minimum Gasteiger partial charge on any atom is -0.490 e. The number of aliphatic hydroxyl groups is 1. The third kappa shape index (κ3) is 1.53. The van der Waals surface area contributed by atoms with Crippen molar-refractivity contribution >= 4 is 0 Å². The van der Waals surface area contributed by atoms with Gasteiger partial charge in [-0.1, -0.05) is 0 Å². The van der Waals surface area contributed by atoms with Gasteiger partial charge >= 0.3 is 0 Å². The molecule has 1 aliphatic rings. The average molecular weight is 198 g/mol. The zero-order valence-corrected chi connectivity index (χ0v) is 7.62. The molecule has 1 heterocycles. The van der Waals surface area contributed by atoms with Crippen molar-refractivity contribution in [1.82, 2.24) is 0 Å². The molecule has 76 valence electrons. The van der Waals surface area contributed by atoms with Gasteiger partial charge in [0, 0.05) is 6.42 Å². The maximum Gasteiger partial charge on any atom is 0.169 e. The van der Waals surface area contributed by atoms with Crippen LogP contribution in [0.25, 0.3) is 0 Å². The molecule has 2 rings (SSSR count). The molecule has 0 spiro atoms. The maximum absolute atomic E-state index is 13.2. The number of aliphatic hydroxyl groups excluding tert-OH is 1. The Labute approximate surface area is 81.1 Å². The molecule has 3 nitrogen and oxygen atoms in total. The summed E-state index contributed by atoms with van der Waals surface area (Å²) in [6.45, 7) is 0.672. The fraction of sp³-hybridized carbons (Fsp3) is 0.400. The highest BCUT2D eigenvalue weighted by molar-refractivity contribution is 5.47. The highest BCUT2D eigenvalue weighted by Gasteiger charge is 2.17. The molecular weight excluding hydrogens is 187 g/mol. The smallest absolute Gasteiger partial charge is 0.169 e. The van der Waals surface area contributed by atoms with Crippen LogP contribution in [0.1, 0.15) is 12.0 Å². The van der Waals surface area contributed by atoms with E-state index in [0.717, 1.165) is 6.42 Å². The summed E-state index contributed by atoms with van der Waals surface area (Å²) in [4.78, 5) is 0. The van der Waals surface area contributed by atoms with Gasteiger partial charge in [0.25, 0.3) is 0 Å². The van der Waals surface area contributed by atoms with Crippen LogP contribution in [-0.2, 0) is 6.61 Å². The van der Waals surface area contributed by atoms with Crippen LogP contribution in [0.5, 0.6) is 11.5 Å². The zero-order valence-electron chi connectivity index (χ0n) is 7.62. The van der Waals surface area contributed by atoms with E-state index in [-0.39, 0.29) is 12.2 Å². The minimum absolute atomic E-state index is 0.171. The number of benzene rings is 1. The summed E-state index contributed by atoms with van der Waals surface area (Å²) in [7, 11) is 0. The lowest BCUT2D eigenvalue weighted by Gasteiger charge is -2.11. The van der Waals surface area contributed by atoms with Crippen molar-refractivity contribution in [2.75, 3.05) is 13.2 Å². The quantitative estimate of drug-likeness (QED) is 0.742. The van der Waals surface area contributed by atoms with Crippen molar-refractivity contribution in [3.05, 3.63) is 23.5 Å². The summed E-state index contributed by atoms with van der Waals surface area (Å²) in [5, 5.41) is 8.99. The second-order valence-electron chi connectivity index (χ2n) is 3.06. The lowest BCUT2D eigenvalue weighted by molar-refractivity contribution is 0.258. The molecule has 0 unspecified atom stereocenters. The van der Waals surface area contributed by atoms with Crippen LogP contribution < -0.4 is 9.47 Å². The molecule has 0 saturated carbocycles. The van der Waals surface area contributed by atoms with E-state index >= 15 is 0 Å². The molecule has 0 aromatic heterocycles. The van der Waals surface area contributed by atoms with Crippen molar-refractivity contribution in [3.63, 3.8) is 0 Å². The molecule has 0 amide bonds. The molecule has 4 heteroatoms. The topological polar surface area (TPSA) is 38.7 Å². The highest BCUT2D eigenvalue weighted by Crippen LogP contribution is 2.34. The van der Waals surface area contributed by atoms with Gasteiger partial charge in [0.1, 0.15) is 5.82 Å². The van der Waals surface area contributed by atoms with Gasteiger partial charge in [0.2, 0.25) is 0 Å². The van der Waals surface area contributed by atoms with E-state index in [1.165, 1.54) is 12.1 Å². The van der Waals surface area contributed by atoms with E-state index in [1.54, 1.807) is 0 Å². The third-order valence-corrected chi connectivity index (χ3v) is 2.12. The Bertz CT molecular complexity index is 338. The molecule has 14 heavy (non-hydrogen) atoms. The molecule has 0 bridgehead atoms. The Hall–Kier alpha value is -1.29. The number of hydrogen-bond donors (Lipinski definition) is 1. The Balaban J connectivity index is 2.48. The van der Waals surface area contributed by atoms with E-state index in [0.29, 0.717) is 24.7 Å². The largest absolute Gasteiger partial charge is 0.490 e. The fourth-order valence-corrected chi connectivity index (χ4v) is 1.42. The average Bonchev–Trinajstić information content (AvgIpc) is 2.42. The molecule has 0 fully saturated rings. The van der Waals surface area contributed by atoms with Gasteiger partial charge in [-0.05, 0) is 12.1 Å². The lowest BCUT2D eigenvalue weighted by Crippen LogP contribution is -2.00. The summed E-state index contributed by atoms with van der Waals surface area (Å²) in [6, 6.07) is 2.80. The van der Waals surface area contributed by atoms with E-state index in [4.69, 9.17) is 14.6 Å². The first-order valence-corrected chi connectivity index (χ1v) is 4.51. The Morgan fingerprint density at radius 2 is 2.07 bits per heavy atom. The molecular formula is C10H11FO3. The summed E-state index contributed by atoms with van der Waals surface area (Å²) < 4.78 is 23.9. The van der Waals surface area contributed by atoms with E-state index in [1.807, 2.05) is 0 Å². The number of rotatable bonds is 1. The normalized spacial score (nSPS) is 15.0. The van der Waals surface area contributed by atoms with Crippen LogP contribution in [0.2, 0.25) is 0 Å². The second-order valence-corrected chi connectivity index (χ2v) is 3.06. The van der Waals surface area contributed by atoms with Crippen molar-refractivity contribution in [2.24, 2.45) is 0 Å². The number of fused-ring (bicyclic) bond motifs is 1. The SMILES string of the molecule is OCc1c(F)ccc2c1OCCCO2. The standard InChI is InChI=1S/C10H11FO3/c11-8-2-3-9-10(7(8)6-12)14-5-1-4-13-9/h2-3,12H,1,4-6H2. The summed E-state index contributed by atoms with van der Waals surface area (Å²) in [5.74, 6) is 0.384. The second kappa shape index (κ2) is 3.84. The molecule has 0 radical (unpaired) electrons. The molecule has 1 aliphatic heterocycles. The van der Waals surface area contributed by atoms with Gasteiger partial charge in [-0.25, -0.2) is 4.39 Å². The summed E-state index contributed by atoms with van der Waals surface area (Å²) in [6.07, 6.45) is 0.765. The number of halogens is 1. The Morgan fingerprint density at radius 1 is 1.29 bits per heavy atom. The van der Waals surface area contributed by atoms with Crippen LogP contribution >= 0.6 is 0 Å². The number of hydrogen-bond acceptors (Lipinski definition) is 3. The zero-order chi connectivity index (χ0) is 9.97. The summed E-state index contributed by atoms with van der Waals surface area (Å²) in [5.41, 5.74) is 0.171. The molecule has 0 aliphatic carbocycles. The Morgan fingerprint density at radius 3 is 2.86 bits per heavy atom. The Kier molecular flexibility index (Phi) is 2.54. The van der Waals surface area contributed by atoms with E-state index in [2.05, 4.69) is 0 Å². The van der Waals surface area contributed by atoms with Gasteiger partial charge in [0.15, 0.2) is 11.5 Å². The number of ether oxygens (including phenoxy) is 2. The molecule has 0 atom stereocenters. The highest BCUT2D eigenvalue weighted by atomic mass is 19.1. The van der Waals surface area contributed by atoms with Crippen molar-refractivity contribution in [2.45, 2.75) is 13.0 Å². The third-order valence-electron chi connectivity index (χ3n) is 2.12. The summed E-state index contributed by atoms with van der Waals surface area (Å²) >= 11 is 0. The predicted molar refractivity (Wildman–Crippen MR) is 47.9 cm³/mol. The van der Waals surface area contributed by atoms with Gasteiger partial charge < -0.3 is 14.6 Å². The van der Waals surface area contributed by atoms with E-state index in [9.17, 15) is 4.39 Å². The first-order chi connectivity index (χ1) is 6.83. The van der Waals surface area contributed by atoms with Crippen molar-refractivity contribution in [3.8, 4) is 11.5 Å².